The highest BCUT2D eigenvalue weighted by Gasteiger charge is 2.14. The summed E-state index contributed by atoms with van der Waals surface area (Å²) >= 11 is 1.18. The molecular weight excluding hydrogens is 284 g/mol. The number of hydrogen-bond acceptors (Lipinski definition) is 6. The molecule has 0 aliphatic heterocycles. The lowest BCUT2D eigenvalue weighted by Crippen LogP contribution is -2.14. The summed E-state index contributed by atoms with van der Waals surface area (Å²) in [5, 5.41) is 17.1. The first-order valence-corrected chi connectivity index (χ1v) is 7.75. The van der Waals surface area contributed by atoms with Crippen molar-refractivity contribution in [3.63, 3.8) is 0 Å². The molecule has 2 aromatic rings. The fourth-order valence-electron chi connectivity index (χ4n) is 1.40. The molecular formula is C11H10N4O2S2. The molecule has 8 heteroatoms. The number of aryl methyl sites for hydroxylation is 1. The monoisotopic (exact) mass is 294 g/mol. The molecule has 2 rings (SSSR count). The van der Waals surface area contributed by atoms with Crippen LogP contribution in [0.2, 0.25) is 0 Å². The molecule has 0 radical (unpaired) electrons. The molecule has 0 fully saturated rings. The Morgan fingerprint density at radius 3 is 2.53 bits per heavy atom. The minimum Gasteiger partial charge on any atom is -0.257 e. The van der Waals surface area contributed by atoms with Crippen LogP contribution < -0.4 is 4.72 Å². The van der Waals surface area contributed by atoms with Gasteiger partial charge in [0.05, 0.1) is 17.4 Å². The zero-order valence-electron chi connectivity index (χ0n) is 9.99. The fourth-order valence-corrected chi connectivity index (χ4v) is 3.40. The Hall–Kier alpha value is -1.98. The highest BCUT2D eigenvalue weighted by molar-refractivity contribution is 7.92. The van der Waals surface area contributed by atoms with Crippen LogP contribution in [-0.2, 0) is 15.8 Å². The zero-order valence-corrected chi connectivity index (χ0v) is 11.6. The molecule has 0 bridgehead atoms. The van der Waals surface area contributed by atoms with Gasteiger partial charge in [-0.05, 0) is 24.6 Å². The van der Waals surface area contributed by atoms with Gasteiger partial charge in [-0.1, -0.05) is 23.5 Å². The number of nitriles is 1. The third-order valence-corrected chi connectivity index (χ3v) is 4.31. The minimum atomic E-state index is -3.52. The van der Waals surface area contributed by atoms with Crippen molar-refractivity contribution in [1.29, 1.82) is 5.26 Å². The lowest BCUT2D eigenvalue weighted by Gasteiger charge is -2.04. The Labute approximate surface area is 114 Å². The van der Waals surface area contributed by atoms with Crippen molar-refractivity contribution in [2.75, 3.05) is 4.72 Å². The van der Waals surface area contributed by atoms with Gasteiger partial charge in [-0.15, -0.1) is 10.2 Å². The largest absolute Gasteiger partial charge is 0.257 e. The molecule has 1 heterocycles. The molecule has 0 amide bonds. The van der Waals surface area contributed by atoms with Crippen LogP contribution in [0.25, 0.3) is 0 Å². The first kappa shape index (κ1) is 13.5. The summed E-state index contributed by atoms with van der Waals surface area (Å²) in [5.41, 5.74) is 1.10. The third kappa shape index (κ3) is 3.74. The number of sulfonamides is 1. The van der Waals surface area contributed by atoms with Crippen LogP contribution in [0.3, 0.4) is 0 Å². The fraction of sp³-hybridized carbons (Fsp3) is 0.182. The van der Waals surface area contributed by atoms with Crippen molar-refractivity contribution in [3.8, 4) is 6.07 Å². The number of aromatic nitrogens is 2. The molecule has 0 saturated heterocycles. The van der Waals surface area contributed by atoms with Gasteiger partial charge in [0.25, 0.3) is 0 Å². The van der Waals surface area contributed by atoms with Gasteiger partial charge >= 0.3 is 0 Å². The van der Waals surface area contributed by atoms with E-state index in [9.17, 15) is 8.42 Å². The van der Waals surface area contributed by atoms with Gasteiger partial charge in [0.15, 0.2) is 0 Å². The summed E-state index contributed by atoms with van der Waals surface area (Å²) in [6.45, 7) is 1.75. The van der Waals surface area contributed by atoms with Crippen molar-refractivity contribution in [3.05, 3.63) is 40.4 Å². The maximum absolute atomic E-state index is 11.9. The molecule has 0 saturated carbocycles. The molecule has 0 unspecified atom stereocenters. The first-order valence-electron chi connectivity index (χ1n) is 5.28. The van der Waals surface area contributed by atoms with E-state index in [2.05, 4.69) is 14.9 Å². The topological polar surface area (TPSA) is 95.7 Å². The van der Waals surface area contributed by atoms with E-state index in [4.69, 9.17) is 5.26 Å². The van der Waals surface area contributed by atoms with E-state index in [1.54, 1.807) is 31.2 Å². The summed E-state index contributed by atoms with van der Waals surface area (Å²) < 4.78 is 26.2. The average Bonchev–Trinajstić information content (AvgIpc) is 2.74. The van der Waals surface area contributed by atoms with Crippen molar-refractivity contribution in [1.82, 2.24) is 10.2 Å². The molecule has 19 heavy (non-hydrogen) atoms. The molecule has 1 aromatic heterocycles. The molecule has 0 aliphatic carbocycles. The van der Waals surface area contributed by atoms with Gasteiger partial charge in [-0.25, -0.2) is 8.42 Å². The predicted octanol–water partition coefficient (Wildman–Crippen LogP) is 1.66. The van der Waals surface area contributed by atoms with Crippen molar-refractivity contribution in [2.45, 2.75) is 12.7 Å². The first-order chi connectivity index (χ1) is 8.98. The maximum Gasteiger partial charge on any atom is 0.238 e. The van der Waals surface area contributed by atoms with E-state index < -0.39 is 10.0 Å². The second-order valence-electron chi connectivity index (χ2n) is 3.80. The lowest BCUT2D eigenvalue weighted by molar-refractivity contribution is 0.600. The number of rotatable bonds is 4. The second kappa shape index (κ2) is 5.34. The normalized spacial score (nSPS) is 10.9. The summed E-state index contributed by atoms with van der Waals surface area (Å²) in [5.74, 6) is -0.169. The molecule has 1 aromatic carbocycles. The number of hydrogen-bond donors (Lipinski definition) is 1. The Kier molecular flexibility index (Phi) is 3.78. The molecule has 6 nitrogen and oxygen atoms in total. The summed E-state index contributed by atoms with van der Waals surface area (Å²) in [4.78, 5) is 0. The Morgan fingerprint density at radius 1 is 1.32 bits per heavy atom. The summed E-state index contributed by atoms with van der Waals surface area (Å²) in [6, 6.07) is 8.37. The van der Waals surface area contributed by atoms with E-state index in [-0.39, 0.29) is 10.9 Å². The van der Waals surface area contributed by atoms with Gasteiger partial charge in [0, 0.05) is 0 Å². The number of nitrogens with one attached hydrogen (secondary N) is 1. The van der Waals surface area contributed by atoms with E-state index in [1.165, 1.54) is 11.3 Å². The standard InChI is InChI=1S/C11H10N4O2S2/c1-8-13-14-11(18-8)15-19(16,17)7-10-4-2-9(6-12)3-5-10/h2-5H,7H2,1H3,(H,14,15). The van der Waals surface area contributed by atoms with Gasteiger partial charge in [-0.2, -0.15) is 5.26 Å². The quantitative estimate of drug-likeness (QED) is 0.925. The molecule has 98 valence electrons. The van der Waals surface area contributed by atoms with Crippen LogP contribution in [0.15, 0.2) is 24.3 Å². The Bertz CT molecular complexity index is 714. The Balaban J connectivity index is 2.10. The molecule has 0 spiro atoms. The van der Waals surface area contributed by atoms with Crippen LogP contribution in [0.5, 0.6) is 0 Å². The van der Waals surface area contributed by atoms with E-state index in [1.807, 2.05) is 6.07 Å². The number of benzene rings is 1. The van der Waals surface area contributed by atoms with E-state index >= 15 is 0 Å². The summed E-state index contributed by atoms with van der Waals surface area (Å²) in [7, 11) is -3.52. The second-order valence-corrected chi connectivity index (χ2v) is 6.70. The highest BCUT2D eigenvalue weighted by atomic mass is 32.2. The number of nitrogens with zero attached hydrogens (tertiary/aromatic N) is 3. The average molecular weight is 294 g/mol. The van der Waals surface area contributed by atoms with Crippen LogP contribution in [0.1, 0.15) is 16.1 Å². The number of anilines is 1. The molecule has 0 aliphatic rings. The van der Waals surface area contributed by atoms with Crippen LogP contribution in [-0.4, -0.2) is 18.6 Å². The van der Waals surface area contributed by atoms with Crippen molar-refractivity contribution >= 4 is 26.5 Å². The van der Waals surface area contributed by atoms with Gasteiger partial charge in [0.2, 0.25) is 15.2 Å². The van der Waals surface area contributed by atoms with Gasteiger partial charge < -0.3 is 0 Å². The predicted molar refractivity (Wildman–Crippen MR) is 72.0 cm³/mol. The lowest BCUT2D eigenvalue weighted by atomic mass is 10.2. The Morgan fingerprint density at radius 2 is 2.00 bits per heavy atom. The van der Waals surface area contributed by atoms with E-state index in [0.29, 0.717) is 16.1 Å². The minimum absolute atomic E-state index is 0.169. The zero-order chi connectivity index (χ0) is 13.9. The van der Waals surface area contributed by atoms with E-state index in [0.717, 1.165) is 0 Å². The van der Waals surface area contributed by atoms with Crippen LogP contribution in [0.4, 0.5) is 5.13 Å². The van der Waals surface area contributed by atoms with Gasteiger partial charge in [-0.3, -0.25) is 4.72 Å². The summed E-state index contributed by atoms with van der Waals surface area (Å²) in [6.07, 6.45) is 0. The van der Waals surface area contributed by atoms with Crippen molar-refractivity contribution in [2.24, 2.45) is 0 Å². The molecule has 1 N–H and O–H groups in total. The van der Waals surface area contributed by atoms with Crippen LogP contribution >= 0.6 is 11.3 Å². The van der Waals surface area contributed by atoms with Gasteiger partial charge in [0.1, 0.15) is 5.01 Å². The van der Waals surface area contributed by atoms with Crippen LogP contribution in [0, 0.1) is 18.3 Å². The SMILES string of the molecule is Cc1nnc(NS(=O)(=O)Cc2ccc(C#N)cc2)s1. The maximum atomic E-state index is 11.9. The molecule has 0 atom stereocenters. The van der Waals surface area contributed by atoms with Crippen molar-refractivity contribution < 1.29 is 8.42 Å². The highest BCUT2D eigenvalue weighted by Crippen LogP contribution is 2.17. The third-order valence-electron chi connectivity index (χ3n) is 2.21. The smallest absolute Gasteiger partial charge is 0.238 e.